The van der Waals surface area contributed by atoms with Crippen LogP contribution in [0.5, 0.6) is 0 Å². The number of carbonyl (C=O) groups excluding carboxylic acids is 1. The predicted octanol–water partition coefficient (Wildman–Crippen LogP) is 0.247. The van der Waals surface area contributed by atoms with Gasteiger partial charge in [0.15, 0.2) is 0 Å². The molecule has 1 fully saturated rings. The molecule has 1 aliphatic rings. The number of amides is 1. The third-order valence-corrected chi connectivity index (χ3v) is 3.56. The normalized spacial score (nSPS) is 22.9. The highest BCUT2D eigenvalue weighted by Gasteiger charge is 2.30. The molecule has 0 radical (unpaired) electrons. The van der Waals surface area contributed by atoms with Gasteiger partial charge >= 0.3 is 11.9 Å². The average Bonchev–Trinajstić information content (AvgIpc) is 2.26. The van der Waals surface area contributed by atoms with Crippen molar-refractivity contribution in [2.24, 2.45) is 0 Å². The number of piperidine rings is 1. The highest BCUT2D eigenvalue weighted by atomic mass is 16.4. The van der Waals surface area contributed by atoms with E-state index in [4.69, 9.17) is 10.2 Å². The van der Waals surface area contributed by atoms with Crippen LogP contribution < -0.4 is 0 Å². The van der Waals surface area contributed by atoms with Gasteiger partial charge in [0.1, 0.15) is 0 Å². The maximum atomic E-state index is 12.3. The summed E-state index contributed by atoms with van der Waals surface area (Å²) in [6.45, 7) is 2.86. The molecule has 0 bridgehead atoms. The maximum Gasteiger partial charge on any atom is 0.317 e. The summed E-state index contributed by atoms with van der Waals surface area (Å²) in [6.07, 6.45) is 2.92. The van der Waals surface area contributed by atoms with Gasteiger partial charge in [0.05, 0.1) is 19.6 Å². The minimum absolute atomic E-state index is 0.114. The molecule has 0 aromatic heterocycles. The number of hydrogen-bond donors (Lipinski definition) is 2. The molecule has 7 nitrogen and oxygen atoms in total. The molecule has 1 rings (SSSR count). The second kappa shape index (κ2) is 7.23. The number of aliphatic carboxylic acids is 2. The Morgan fingerprint density at radius 1 is 1.00 bits per heavy atom. The van der Waals surface area contributed by atoms with Crippen molar-refractivity contribution < 1.29 is 24.6 Å². The van der Waals surface area contributed by atoms with Crippen molar-refractivity contribution in [1.29, 1.82) is 0 Å². The van der Waals surface area contributed by atoms with Gasteiger partial charge in [-0.2, -0.15) is 0 Å². The fraction of sp³-hybridized carbons (Fsp3) is 0.769. The predicted molar refractivity (Wildman–Crippen MR) is 71.3 cm³/mol. The Balaban J connectivity index is 2.68. The Labute approximate surface area is 118 Å². The molecule has 0 spiro atoms. The Kier molecular flexibility index (Phi) is 5.94. The lowest BCUT2D eigenvalue weighted by molar-refractivity contribution is -0.144. The standard InChI is InChI=1S/C13H22N2O5/c1-9-4-3-5-10(2)15(9)11(16)6-14(7-12(17)18)8-13(19)20/h9-10H,3-8H2,1-2H3,(H,17,18)(H,19,20). The summed E-state index contributed by atoms with van der Waals surface area (Å²) in [5, 5.41) is 17.5. The zero-order valence-electron chi connectivity index (χ0n) is 11.9. The second-order valence-corrected chi connectivity index (χ2v) is 5.36. The summed E-state index contributed by atoms with van der Waals surface area (Å²) in [7, 11) is 0. The Hall–Kier alpha value is -1.63. The third kappa shape index (κ3) is 4.80. The first-order chi connectivity index (χ1) is 9.31. The monoisotopic (exact) mass is 286 g/mol. The minimum Gasteiger partial charge on any atom is -0.480 e. The lowest BCUT2D eigenvalue weighted by Gasteiger charge is -2.40. The highest BCUT2D eigenvalue weighted by Crippen LogP contribution is 2.22. The second-order valence-electron chi connectivity index (χ2n) is 5.36. The van der Waals surface area contributed by atoms with E-state index in [1.54, 1.807) is 4.90 Å². The van der Waals surface area contributed by atoms with Crippen LogP contribution in [-0.4, -0.2) is 69.6 Å². The smallest absolute Gasteiger partial charge is 0.317 e. The van der Waals surface area contributed by atoms with Crippen molar-refractivity contribution in [1.82, 2.24) is 9.80 Å². The van der Waals surface area contributed by atoms with Gasteiger partial charge in [0.2, 0.25) is 5.91 Å². The molecule has 2 unspecified atom stereocenters. The van der Waals surface area contributed by atoms with E-state index in [-0.39, 0.29) is 24.5 Å². The molecular formula is C13H22N2O5. The fourth-order valence-corrected chi connectivity index (χ4v) is 2.74. The largest absolute Gasteiger partial charge is 0.480 e. The van der Waals surface area contributed by atoms with Crippen LogP contribution >= 0.6 is 0 Å². The van der Waals surface area contributed by atoms with Crippen molar-refractivity contribution in [2.45, 2.75) is 45.2 Å². The van der Waals surface area contributed by atoms with E-state index < -0.39 is 25.0 Å². The van der Waals surface area contributed by atoms with Crippen molar-refractivity contribution in [2.75, 3.05) is 19.6 Å². The van der Waals surface area contributed by atoms with Crippen molar-refractivity contribution in [3.8, 4) is 0 Å². The Morgan fingerprint density at radius 2 is 1.45 bits per heavy atom. The van der Waals surface area contributed by atoms with Crippen LogP contribution in [0.25, 0.3) is 0 Å². The van der Waals surface area contributed by atoms with Gasteiger partial charge in [-0.15, -0.1) is 0 Å². The van der Waals surface area contributed by atoms with Crippen LogP contribution in [0.15, 0.2) is 0 Å². The quantitative estimate of drug-likeness (QED) is 0.726. The van der Waals surface area contributed by atoms with E-state index in [1.165, 1.54) is 0 Å². The van der Waals surface area contributed by atoms with Crippen LogP contribution in [0.3, 0.4) is 0 Å². The molecule has 0 aromatic carbocycles. The molecule has 1 saturated heterocycles. The van der Waals surface area contributed by atoms with Crippen molar-refractivity contribution >= 4 is 17.8 Å². The lowest BCUT2D eigenvalue weighted by Crippen LogP contribution is -2.52. The summed E-state index contributed by atoms with van der Waals surface area (Å²) in [6, 6.07) is 0.227. The molecule has 0 aliphatic carbocycles. The summed E-state index contributed by atoms with van der Waals surface area (Å²) >= 11 is 0. The number of carbonyl (C=O) groups is 3. The van der Waals surface area contributed by atoms with Crippen LogP contribution in [0, 0.1) is 0 Å². The van der Waals surface area contributed by atoms with Crippen molar-refractivity contribution in [3.63, 3.8) is 0 Å². The van der Waals surface area contributed by atoms with Gasteiger partial charge in [-0.1, -0.05) is 0 Å². The minimum atomic E-state index is -1.14. The van der Waals surface area contributed by atoms with E-state index in [0.717, 1.165) is 24.2 Å². The van der Waals surface area contributed by atoms with E-state index in [2.05, 4.69) is 0 Å². The van der Waals surface area contributed by atoms with E-state index in [9.17, 15) is 14.4 Å². The number of hydrogen-bond acceptors (Lipinski definition) is 4. The van der Waals surface area contributed by atoms with E-state index >= 15 is 0 Å². The first-order valence-corrected chi connectivity index (χ1v) is 6.78. The maximum absolute atomic E-state index is 12.3. The zero-order chi connectivity index (χ0) is 15.3. The van der Waals surface area contributed by atoms with Gasteiger partial charge in [-0.25, -0.2) is 0 Å². The number of likely N-dealkylation sites (tertiary alicyclic amines) is 1. The van der Waals surface area contributed by atoms with Gasteiger partial charge in [-0.05, 0) is 33.1 Å². The van der Waals surface area contributed by atoms with Gasteiger partial charge in [0.25, 0.3) is 0 Å². The Bertz CT molecular complexity index is 359. The molecular weight excluding hydrogens is 264 g/mol. The summed E-state index contributed by atoms with van der Waals surface area (Å²) in [5.41, 5.74) is 0. The topological polar surface area (TPSA) is 98.2 Å². The van der Waals surface area contributed by atoms with Gasteiger partial charge in [0, 0.05) is 12.1 Å². The molecule has 20 heavy (non-hydrogen) atoms. The third-order valence-electron chi connectivity index (χ3n) is 3.56. The number of carboxylic acids is 2. The molecule has 1 heterocycles. The SMILES string of the molecule is CC1CCCC(C)N1C(=O)CN(CC(=O)O)CC(=O)O. The molecule has 0 aromatic rings. The first kappa shape index (κ1) is 16.4. The van der Waals surface area contributed by atoms with Crippen molar-refractivity contribution in [3.05, 3.63) is 0 Å². The number of nitrogens with zero attached hydrogens (tertiary/aromatic N) is 2. The van der Waals surface area contributed by atoms with E-state index in [1.807, 2.05) is 13.8 Å². The van der Waals surface area contributed by atoms with Gasteiger partial charge < -0.3 is 15.1 Å². The Morgan fingerprint density at radius 3 is 1.85 bits per heavy atom. The number of carboxylic acid groups (broad SMARTS) is 2. The van der Waals surface area contributed by atoms with E-state index in [0.29, 0.717) is 0 Å². The molecule has 2 N–H and O–H groups in total. The summed E-state index contributed by atoms with van der Waals surface area (Å²) in [5.74, 6) is -2.48. The van der Waals surface area contributed by atoms with Crippen LogP contribution in [0.2, 0.25) is 0 Å². The first-order valence-electron chi connectivity index (χ1n) is 6.78. The van der Waals surface area contributed by atoms with Gasteiger partial charge in [-0.3, -0.25) is 19.3 Å². The molecule has 2 atom stereocenters. The van der Waals surface area contributed by atoms with Crippen LogP contribution in [-0.2, 0) is 14.4 Å². The summed E-state index contributed by atoms with van der Waals surface area (Å²) < 4.78 is 0. The average molecular weight is 286 g/mol. The summed E-state index contributed by atoms with van der Waals surface area (Å²) in [4.78, 5) is 36.6. The molecule has 1 aliphatic heterocycles. The molecule has 114 valence electrons. The molecule has 7 heteroatoms. The fourth-order valence-electron chi connectivity index (χ4n) is 2.74. The molecule has 1 amide bonds. The number of rotatable bonds is 6. The zero-order valence-corrected chi connectivity index (χ0v) is 11.9. The van der Waals surface area contributed by atoms with Crippen LogP contribution in [0.1, 0.15) is 33.1 Å². The lowest BCUT2D eigenvalue weighted by atomic mass is 9.97. The van der Waals surface area contributed by atoms with Crippen LogP contribution in [0.4, 0.5) is 0 Å². The highest BCUT2D eigenvalue weighted by molar-refractivity contribution is 5.81. The molecule has 0 saturated carbocycles.